The molecule has 0 atom stereocenters. The van der Waals surface area contributed by atoms with E-state index in [0.717, 1.165) is 44.1 Å². The van der Waals surface area contributed by atoms with E-state index >= 15 is 0 Å². The molecule has 4 rings (SSSR count). The Hall–Kier alpha value is -2.47. The molecule has 0 radical (unpaired) electrons. The number of rotatable bonds is 4. The summed E-state index contributed by atoms with van der Waals surface area (Å²) in [6.07, 6.45) is 3.21. The van der Waals surface area contributed by atoms with Crippen LogP contribution in [0.4, 0.5) is 24.5 Å². The van der Waals surface area contributed by atoms with E-state index in [0.29, 0.717) is 36.7 Å². The predicted molar refractivity (Wildman–Crippen MR) is 110 cm³/mol. The molecule has 2 aromatic carbocycles. The van der Waals surface area contributed by atoms with Gasteiger partial charge in [-0.15, -0.1) is 0 Å². The number of fused-ring (bicyclic) bond motifs is 1. The van der Waals surface area contributed by atoms with Gasteiger partial charge in [-0.1, -0.05) is 18.7 Å². The third-order valence-corrected chi connectivity index (χ3v) is 6.11. The van der Waals surface area contributed by atoms with Crippen molar-refractivity contribution in [3.05, 3.63) is 71.2 Å². The van der Waals surface area contributed by atoms with Crippen molar-refractivity contribution >= 4 is 11.4 Å². The average Bonchev–Trinajstić information content (AvgIpc) is 2.73. The highest BCUT2D eigenvalue weighted by molar-refractivity contribution is 5.75. The lowest BCUT2D eigenvalue weighted by molar-refractivity contribution is 0.227. The number of piperidine rings is 1. The summed E-state index contributed by atoms with van der Waals surface area (Å²) in [5.74, 6) is -1.47. The maximum Gasteiger partial charge on any atom is 0.164 e. The lowest BCUT2D eigenvalue weighted by Crippen LogP contribution is -2.39. The van der Waals surface area contributed by atoms with Crippen LogP contribution in [0.2, 0.25) is 0 Å². The molecule has 2 aromatic rings. The Morgan fingerprint density at radius 1 is 1.07 bits per heavy atom. The number of hydrogen-bond acceptors (Lipinski definition) is 3. The third kappa shape index (κ3) is 3.99. The first-order valence-corrected chi connectivity index (χ1v) is 10.1. The highest BCUT2D eigenvalue weighted by Crippen LogP contribution is 2.38. The van der Waals surface area contributed by atoms with Gasteiger partial charge in [0.25, 0.3) is 0 Å². The van der Waals surface area contributed by atoms with Crippen LogP contribution in [0.3, 0.4) is 0 Å². The summed E-state index contributed by atoms with van der Waals surface area (Å²) in [6.45, 7) is 7.41. The van der Waals surface area contributed by atoms with Gasteiger partial charge in [-0.3, -0.25) is 4.90 Å². The number of benzene rings is 2. The molecule has 0 spiro atoms. The molecule has 154 valence electrons. The van der Waals surface area contributed by atoms with E-state index in [9.17, 15) is 13.2 Å². The van der Waals surface area contributed by atoms with Crippen LogP contribution in [0.15, 0.2) is 42.6 Å². The monoisotopic (exact) mass is 401 g/mol. The maximum atomic E-state index is 14.3. The van der Waals surface area contributed by atoms with E-state index < -0.39 is 11.6 Å². The van der Waals surface area contributed by atoms with Gasteiger partial charge in [0, 0.05) is 30.4 Å². The topological polar surface area (TPSA) is 32.5 Å². The standard InChI is InChI=1S/C23H26F3N3/c1-15(29-10-2-3-19-22(26)20(25)13-21(27)23(19)29)14-28-11-8-17(9-12-28)16-4-6-18(24)7-5-16/h4-7,13,17H,1-3,8-12,14,27H2. The lowest BCUT2D eigenvalue weighted by atomic mass is 9.89. The molecule has 2 heterocycles. The van der Waals surface area contributed by atoms with Crippen LogP contribution in [-0.4, -0.2) is 31.1 Å². The number of nitrogen functional groups attached to an aromatic ring is 1. The minimum atomic E-state index is -0.892. The van der Waals surface area contributed by atoms with Crippen LogP contribution >= 0.6 is 0 Å². The average molecular weight is 401 g/mol. The predicted octanol–water partition coefficient (Wildman–Crippen LogP) is 4.83. The highest BCUT2D eigenvalue weighted by atomic mass is 19.2. The fourth-order valence-electron chi connectivity index (χ4n) is 4.58. The Labute approximate surface area is 169 Å². The van der Waals surface area contributed by atoms with Crippen molar-refractivity contribution in [1.29, 1.82) is 0 Å². The van der Waals surface area contributed by atoms with E-state index in [-0.39, 0.29) is 11.5 Å². The molecule has 1 saturated heterocycles. The fraction of sp³-hybridized carbons (Fsp3) is 0.391. The molecule has 0 amide bonds. The second-order valence-corrected chi connectivity index (χ2v) is 8.01. The molecular formula is C23H26F3N3. The smallest absolute Gasteiger partial charge is 0.164 e. The third-order valence-electron chi connectivity index (χ3n) is 6.11. The van der Waals surface area contributed by atoms with Gasteiger partial charge < -0.3 is 10.6 Å². The molecule has 0 aromatic heterocycles. The minimum Gasteiger partial charge on any atom is -0.397 e. The number of likely N-dealkylation sites (tertiary alicyclic amines) is 1. The normalized spacial score (nSPS) is 18.0. The van der Waals surface area contributed by atoms with E-state index in [1.54, 1.807) is 0 Å². The zero-order chi connectivity index (χ0) is 20.5. The van der Waals surface area contributed by atoms with E-state index in [1.165, 1.54) is 17.7 Å². The van der Waals surface area contributed by atoms with Crippen molar-refractivity contribution in [3.63, 3.8) is 0 Å². The van der Waals surface area contributed by atoms with Gasteiger partial charge >= 0.3 is 0 Å². The van der Waals surface area contributed by atoms with Gasteiger partial charge in [0.1, 0.15) is 5.82 Å². The minimum absolute atomic E-state index is 0.208. The Morgan fingerprint density at radius 3 is 2.45 bits per heavy atom. The molecule has 29 heavy (non-hydrogen) atoms. The van der Waals surface area contributed by atoms with Crippen molar-refractivity contribution in [2.45, 2.75) is 31.6 Å². The molecule has 2 N–H and O–H groups in total. The van der Waals surface area contributed by atoms with Gasteiger partial charge in [-0.05, 0) is 62.4 Å². The summed E-state index contributed by atoms with van der Waals surface area (Å²) in [5, 5.41) is 0. The Bertz CT molecular complexity index is 903. The largest absolute Gasteiger partial charge is 0.397 e. The van der Waals surface area contributed by atoms with Crippen molar-refractivity contribution < 1.29 is 13.2 Å². The first-order chi connectivity index (χ1) is 13.9. The Morgan fingerprint density at radius 2 is 1.76 bits per heavy atom. The van der Waals surface area contributed by atoms with E-state index in [4.69, 9.17) is 5.73 Å². The molecule has 6 heteroatoms. The van der Waals surface area contributed by atoms with Gasteiger partial charge in [-0.2, -0.15) is 0 Å². The van der Waals surface area contributed by atoms with Crippen LogP contribution in [0, 0.1) is 17.5 Å². The van der Waals surface area contributed by atoms with Crippen molar-refractivity contribution in [2.75, 3.05) is 36.8 Å². The van der Waals surface area contributed by atoms with Gasteiger partial charge in [0.2, 0.25) is 0 Å². The quantitative estimate of drug-likeness (QED) is 0.745. The lowest BCUT2D eigenvalue weighted by Gasteiger charge is -2.38. The van der Waals surface area contributed by atoms with E-state index in [1.807, 2.05) is 17.0 Å². The van der Waals surface area contributed by atoms with Crippen LogP contribution in [0.25, 0.3) is 0 Å². The first-order valence-electron chi connectivity index (χ1n) is 10.1. The number of hydrogen-bond donors (Lipinski definition) is 1. The van der Waals surface area contributed by atoms with Crippen molar-refractivity contribution in [3.8, 4) is 0 Å². The summed E-state index contributed by atoms with van der Waals surface area (Å²) >= 11 is 0. The summed E-state index contributed by atoms with van der Waals surface area (Å²) in [5.41, 5.74) is 9.25. The van der Waals surface area contributed by atoms with Gasteiger partial charge in [0.15, 0.2) is 11.6 Å². The highest BCUT2D eigenvalue weighted by Gasteiger charge is 2.28. The fourth-order valence-corrected chi connectivity index (χ4v) is 4.58. The molecule has 0 saturated carbocycles. The zero-order valence-corrected chi connectivity index (χ0v) is 16.4. The summed E-state index contributed by atoms with van der Waals surface area (Å²) in [6, 6.07) is 7.84. The molecule has 3 nitrogen and oxygen atoms in total. The zero-order valence-electron chi connectivity index (χ0n) is 16.4. The van der Waals surface area contributed by atoms with Crippen LogP contribution < -0.4 is 10.6 Å². The summed E-state index contributed by atoms with van der Waals surface area (Å²) < 4.78 is 41.2. The van der Waals surface area contributed by atoms with Gasteiger partial charge in [0.05, 0.1) is 11.4 Å². The second kappa shape index (κ2) is 8.11. The van der Waals surface area contributed by atoms with Crippen LogP contribution in [0.5, 0.6) is 0 Å². The molecule has 0 unspecified atom stereocenters. The van der Waals surface area contributed by atoms with Crippen LogP contribution in [0.1, 0.15) is 36.3 Å². The first kappa shape index (κ1) is 19.8. The summed E-state index contributed by atoms with van der Waals surface area (Å²) in [7, 11) is 0. The van der Waals surface area contributed by atoms with Crippen molar-refractivity contribution in [1.82, 2.24) is 4.90 Å². The van der Waals surface area contributed by atoms with Crippen LogP contribution in [-0.2, 0) is 6.42 Å². The summed E-state index contributed by atoms with van der Waals surface area (Å²) in [4.78, 5) is 4.27. The second-order valence-electron chi connectivity index (χ2n) is 8.01. The molecule has 2 aliphatic heterocycles. The Balaban J connectivity index is 1.41. The molecule has 0 aliphatic carbocycles. The number of nitrogens with zero attached hydrogens (tertiary/aromatic N) is 2. The number of nitrogens with two attached hydrogens (primary N) is 1. The van der Waals surface area contributed by atoms with Crippen molar-refractivity contribution in [2.24, 2.45) is 0 Å². The van der Waals surface area contributed by atoms with Gasteiger partial charge in [-0.25, -0.2) is 13.2 Å². The molecule has 1 fully saturated rings. The molecule has 2 aliphatic rings. The Kier molecular flexibility index (Phi) is 5.54. The SMILES string of the molecule is C=C(CN1CCC(c2ccc(F)cc2)CC1)N1CCCc2c(F)c(F)cc(N)c21. The maximum absolute atomic E-state index is 14.3. The number of halogens is 3. The number of anilines is 2. The van der Waals surface area contributed by atoms with E-state index in [2.05, 4.69) is 11.5 Å². The molecule has 0 bridgehead atoms. The molecular weight excluding hydrogens is 375 g/mol.